The number of esters is 2. The molecule has 0 heterocycles. The van der Waals surface area contributed by atoms with Crippen LogP contribution in [0.1, 0.15) is 53.5 Å². The Morgan fingerprint density at radius 3 is 2.04 bits per heavy atom. The van der Waals surface area contributed by atoms with Crippen molar-refractivity contribution < 1.29 is 19.1 Å². The van der Waals surface area contributed by atoms with Crippen LogP contribution in [0.4, 0.5) is 0 Å². The lowest BCUT2D eigenvalue weighted by Gasteiger charge is -2.23. The minimum atomic E-state index is -0.931. The van der Waals surface area contributed by atoms with Gasteiger partial charge in [0.25, 0.3) is 0 Å². The molecule has 0 aliphatic carbocycles. The lowest BCUT2D eigenvalue weighted by Crippen LogP contribution is -2.34. The summed E-state index contributed by atoms with van der Waals surface area (Å²) < 4.78 is 10.6. The van der Waals surface area contributed by atoms with E-state index in [2.05, 4.69) is 4.99 Å². The van der Waals surface area contributed by atoms with Crippen LogP contribution < -0.4 is 0 Å². The fourth-order valence-corrected chi connectivity index (χ4v) is 1.82. The van der Waals surface area contributed by atoms with Crippen LogP contribution in [0.15, 0.2) is 35.3 Å². The second-order valence-corrected chi connectivity index (χ2v) is 7.53. The molecule has 1 unspecified atom stereocenters. The van der Waals surface area contributed by atoms with Gasteiger partial charge in [-0.3, -0.25) is 9.79 Å². The molecule has 0 saturated carbocycles. The fourth-order valence-electron chi connectivity index (χ4n) is 1.82. The van der Waals surface area contributed by atoms with E-state index in [1.54, 1.807) is 47.8 Å². The van der Waals surface area contributed by atoms with E-state index in [1.807, 2.05) is 30.3 Å². The second-order valence-electron chi connectivity index (χ2n) is 7.53. The zero-order valence-corrected chi connectivity index (χ0v) is 15.3. The first-order valence-electron chi connectivity index (χ1n) is 7.99. The molecule has 0 spiro atoms. The van der Waals surface area contributed by atoms with E-state index in [1.165, 1.54) is 0 Å². The summed E-state index contributed by atoms with van der Waals surface area (Å²) in [5.41, 5.74) is -0.417. The maximum Gasteiger partial charge on any atom is 0.331 e. The number of hydrogen-bond acceptors (Lipinski definition) is 5. The van der Waals surface area contributed by atoms with Crippen molar-refractivity contribution in [2.24, 2.45) is 4.99 Å². The van der Waals surface area contributed by atoms with Gasteiger partial charge in [-0.1, -0.05) is 30.3 Å². The molecule has 1 atom stereocenters. The van der Waals surface area contributed by atoms with Gasteiger partial charge in [0.15, 0.2) is 6.04 Å². The molecule has 0 aromatic heterocycles. The van der Waals surface area contributed by atoms with E-state index in [4.69, 9.17) is 9.47 Å². The van der Waals surface area contributed by atoms with Crippen molar-refractivity contribution in [3.05, 3.63) is 35.9 Å². The average molecular weight is 333 g/mol. The van der Waals surface area contributed by atoms with Gasteiger partial charge in [-0.05, 0) is 47.1 Å². The van der Waals surface area contributed by atoms with Crippen LogP contribution in [0, 0.1) is 0 Å². The van der Waals surface area contributed by atoms with Crippen LogP contribution in [0.25, 0.3) is 0 Å². The number of nitrogens with zero attached hydrogens (tertiary/aromatic N) is 1. The minimum absolute atomic E-state index is 0.157. The highest BCUT2D eigenvalue weighted by atomic mass is 16.6. The molecule has 5 heteroatoms. The Balaban J connectivity index is 2.88. The largest absolute Gasteiger partial charge is 0.460 e. The molecule has 1 aromatic rings. The minimum Gasteiger partial charge on any atom is -0.460 e. The Labute approximate surface area is 144 Å². The Morgan fingerprint density at radius 1 is 1.00 bits per heavy atom. The normalized spacial score (nSPS) is 13.6. The van der Waals surface area contributed by atoms with Gasteiger partial charge >= 0.3 is 11.9 Å². The third kappa shape index (κ3) is 8.46. The first kappa shape index (κ1) is 19.9. The third-order valence-electron chi connectivity index (χ3n) is 2.66. The number of aliphatic imine (C=N–C) groups is 1. The number of benzene rings is 1. The van der Waals surface area contributed by atoms with Gasteiger partial charge in [-0.2, -0.15) is 0 Å². The lowest BCUT2D eigenvalue weighted by atomic mass is 10.1. The first-order valence-corrected chi connectivity index (χ1v) is 7.99. The van der Waals surface area contributed by atoms with Crippen LogP contribution in [0.3, 0.4) is 0 Å². The Kier molecular flexibility index (Phi) is 6.70. The maximum atomic E-state index is 12.3. The number of carbonyl (C=O) groups is 2. The molecule has 0 N–H and O–H groups in total. The highest BCUT2D eigenvalue weighted by Gasteiger charge is 2.28. The monoisotopic (exact) mass is 333 g/mol. The first-order chi connectivity index (χ1) is 11.0. The number of rotatable bonds is 5. The van der Waals surface area contributed by atoms with Crippen molar-refractivity contribution in [2.45, 2.75) is 65.2 Å². The molecule has 24 heavy (non-hydrogen) atoms. The zero-order chi connectivity index (χ0) is 18.4. The van der Waals surface area contributed by atoms with Crippen molar-refractivity contribution in [2.75, 3.05) is 0 Å². The van der Waals surface area contributed by atoms with Crippen LogP contribution in [-0.2, 0) is 19.1 Å². The Hall–Kier alpha value is -2.17. The van der Waals surface area contributed by atoms with E-state index >= 15 is 0 Å². The average Bonchev–Trinajstić information content (AvgIpc) is 2.40. The molecule has 0 fully saturated rings. The zero-order valence-electron chi connectivity index (χ0n) is 15.3. The van der Waals surface area contributed by atoms with Gasteiger partial charge in [0, 0.05) is 6.21 Å². The SMILES string of the molecule is CC(C)(C)OC(=O)CC(N=Cc1ccccc1)C(=O)OC(C)(C)C. The summed E-state index contributed by atoms with van der Waals surface area (Å²) in [5, 5.41) is 0. The molecule has 1 rings (SSSR count). The van der Waals surface area contributed by atoms with Crippen molar-refractivity contribution in [3.8, 4) is 0 Å². The molecular formula is C19H27NO4. The standard InChI is InChI=1S/C19H27NO4/c1-18(2,3)23-16(21)12-15(17(22)24-19(4,5)6)20-13-14-10-8-7-9-11-14/h7-11,13,15H,12H2,1-6H3. The predicted octanol–water partition coefficient (Wildman–Crippen LogP) is 3.55. The maximum absolute atomic E-state index is 12.3. The van der Waals surface area contributed by atoms with Crippen molar-refractivity contribution >= 4 is 18.2 Å². The summed E-state index contributed by atoms with van der Waals surface area (Å²) >= 11 is 0. The molecule has 0 aliphatic rings. The molecule has 0 saturated heterocycles. The number of hydrogen-bond donors (Lipinski definition) is 0. The number of carbonyl (C=O) groups excluding carboxylic acids is 2. The lowest BCUT2D eigenvalue weighted by molar-refractivity contribution is -0.163. The molecule has 0 bridgehead atoms. The summed E-state index contributed by atoms with van der Waals surface area (Å²) in [6.45, 7) is 10.7. The van der Waals surface area contributed by atoms with E-state index in [0.29, 0.717) is 0 Å². The smallest absolute Gasteiger partial charge is 0.331 e. The molecule has 0 amide bonds. The van der Waals surface area contributed by atoms with E-state index < -0.39 is 29.2 Å². The van der Waals surface area contributed by atoms with Gasteiger partial charge < -0.3 is 9.47 Å². The summed E-state index contributed by atoms with van der Waals surface area (Å²) in [5.74, 6) is -1.02. The fraction of sp³-hybridized carbons (Fsp3) is 0.526. The van der Waals surface area contributed by atoms with Gasteiger partial charge in [-0.25, -0.2) is 4.79 Å². The Morgan fingerprint density at radius 2 is 1.54 bits per heavy atom. The summed E-state index contributed by atoms with van der Waals surface area (Å²) in [7, 11) is 0. The predicted molar refractivity (Wildman–Crippen MR) is 94.1 cm³/mol. The summed E-state index contributed by atoms with van der Waals surface area (Å²) in [6, 6.07) is 8.43. The molecule has 5 nitrogen and oxygen atoms in total. The van der Waals surface area contributed by atoms with E-state index in [0.717, 1.165) is 5.56 Å². The molecule has 0 radical (unpaired) electrons. The highest BCUT2D eigenvalue weighted by molar-refractivity contribution is 5.87. The molecular weight excluding hydrogens is 306 g/mol. The van der Waals surface area contributed by atoms with Gasteiger partial charge in [0.1, 0.15) is 11.2 Å². The summed E-state index contributed by atoms with van der Waals surface area (Å²) in [4.78, 5) is 28.6. The van der Waals surface area contributed by atoms with Crippen LogP contribution in [0.2, 0.25) is 0 Å². The quantitative estimate of drug-likeness (QED) is 0.610. The van der Waals surface area contributed by atoms with Gasteiger partial charge in [0.2, 0.25) is 0 Å². The van der Waals surface area contributed by atoms with Crippen LogP contribution in [0.5, 0.6) is 0 Å². The van der Waals surface area contributed by atoms with Crippen LogP contribution in [-0.4, -0.2) is 35.4 Å². The van der Waals surface area contributed by atoms with Gasteiger partial charge in [0.05, 0.1) is 6.42 Å². The van der Waals surface area contributed by atoms with Crippen molar-refractivity contribution in [3.63, 3.8) is 0 Å². The van der Waals surface area contributed by atoms with Crippen molar-refractivity contribution in [1.29, 1.82) is 0 Å². The molecule has 1 aromatic carbocycles. The van der Waals surface area contributed by atoms with E-state index in [-0.39, 0.29) is 6.42 Å². The molecule has 132 valence electrons. The van der Waals surface area contributed by atoms with E-state index in [9.17, 15) is 9.59 Å². The summed E-state index contributed by atoms with van der Waals surface area (Å²) in [6.07, 6.45) is 1.41. The number of ether oxygens (including phenoxy) is 2. The van der Waals surface area contributed by atoms with Gasteiger partial charge in [-0.15, -0.1) is 0 Å². The topological polar surface area (TPSA) is 65.0 Å². The second kappa shape index (κ2) is 8.08. The highest BCUT2D eigenvalue weighted by Crippen LogP contribution is 2.15. The van der Waals surface area contributed by atoms with Crippen molar-refractivity contribution in [1.82, 2.24) is 0 Å². The Bertz CT molecular complexity index is 580. The van der Waals surface area contributed by atoms with Crippen LogP contribution >= 0.6 is 0 Å². The third-order valence-corrected chi connectivity index (χ3v) is 2.66. The molecule has 0 aliphatic heterocycles.